The van der Waals surface area contributed by atoms with Crippen LogP contribution in [0.5, 0.6) is 5.75 Å². The Hall–Kier alpha value is -1.71. The van der Waals surface area contributed by atoms with Crippen molar-refractivity contribution in [3.05, 3.63) is 24.3 Å². The fourth-order valence-electron chi connectivity index (χ4n) is 1.41. The number of para-hydroxylation sites is 2. The lowest BCUT2D eigenvalue weighted by atomic mass is 9.97. The van der Waals surface area contributed by atoms with Crippen LogP contribution in [0.25, 0.3) is 0 Å². The zero-order valence-corrected chi connectivity index (χ0v) is 11.3. The van der Waals surface area contributed by atoms with E-state index in [0.717, 1.165) is 0 Å². The maximum atomic E-state index is 11.7. The minimum Gasteiger partial charge on any atom is -0.490 e. The summed E-state index contributed by atoms with van der Waals surface area (Å²) in [5.41, 5.74) is 6.35. The molecule has 100 valence electrons. The van der Waals surface area contributed by atoms with E-state index in [4.69, 9.17) is 10.5 Å². The van der Waals surface area contributed by atoms with E-state index in [-0.39, 0.29) is 11.8 Å². The second-order valence-electron chi connectivity index (χ2n) is 4.71. The van der Waals surface area contributed by atoms with Crippen LogP contribution in [-0.2, 0) is 4.79 Å². The quantitative estimate of drug-likeness (QED) is 0.600. The van der Waals surface area contributed by atoms with Gasteiger partial charge in [0.15, 0.2) is 0 Å². The molecule has 0 aliphatic heterocycles. The third kappa shape index (κ3) is 4.28. The van der Waals surface area contributed by atoms with Gasteiger partial charge >= 0.3 is 0 Å². The normalized spacial score (nSPS) is 12.2. The van der Waals surface area contributed by atoms with Crippen molar-refractivity contribution in [1.82, 2.24) is 5.32 Å². The summed E-state index contributed by atoms with van der Waals surface area (Å²) in [5, 5.41) is 2.85. The third-order valence-electron chi connectivity index (χ3n) is 2.99. The van der Waals surface area contributed by atoms with Crippen LogP contribution in [0.3, 0.4) is 0 Å². The molecule has 0 heterocycles. The van der Waals surface area contributed by atoms with Gasteiger partial charge in [0.1, 0.15) is 12.4 Å². The van der Waals surface area contributed by atoms with E-state index < -0.39 is 0 Å². The summed E-state index contributed by atoms with van der Waals surface area (Å²) in [7, 11) is 0. The van der Waals surface area contributed by atoms with Crippen LogP contribution in [0.15, 0.2) is 24.3 Å². The number of hydrogen-bond donors (Lipinski definition) is 2. The summed E-state index contributed by atoms with van der Waals surface area (Å²) in [6, 6.07) is 7.32. The van der Waals surface area contributed by atoms with Crippen molar-refractivity contribution in [2.75, 3.05) is 18.9 Å². The monoisotopic (exact) mass is 250 g/mol. The smallest absolute Gasteiger partial charge is 0.223 e. The minimum atomic E-state index is 0.0202. The molecule has 1 amide bonds. The molecule has 0 saturated carbocycles. The molecule has 0 bridgehead atoms. The maximum absolute atomic E-state index is 11.7. The van der Waals surface area contributed by atoms with E-state index in [1.165, 1.54) is 0 Å². The van der Waals surface area contributed by atoms with E-state index in [2.05, 4.69) is 5.32 Å². The second-order valence-corrected chi connectivity index (χ2v) is 4.71. The van der Waals surface area contributed by atoms with Crippen LogP contribution < -0.4 is 15.8 Å². The van der Waals surface area contributed by atoms with Crippen LogP contribution in [0.4, 0.5) is 5.69 Å². The Balaban J connectivity index is 2.27. The molecular formula is C14H22N2O2. The topological polar surface area (TPSA) is 64.3 Å². The number of nitrogens with one attached hydrogen (secondary N) is 1. The Bertz CT molecular complexity index is 391. The predicted octanol–water partition coefficient (Wildman–Crippen LogP) is 2.06. The lowest BCUT2D eigenvalue weighted by Gasteiger charge is -2.15. The lowest BCUT2D eigenvalue weighted by Crippen LogP contribution is -2.34. The first kappa shape index (κ1) is 14.4. The third-order valence-corrected chi connectivity index (χ3v) is 2.99. The Morgan fingerprint density at radius 3 is 2.61 bits per heavy atom. The van der Waals surface area contributed by atoms with Gasteiger partial charge in [-0.15, -0.1) is 0 Å². The van der Waals surface area contributed by atoms with E-state index in [0.29, 0.717) is 30.5 Å². The van der Waals surface area contributed by atoms with E-state index in [9.17, 15) is 4.79 Å². The van der Waals surface area contributed by atoms with Crippen LogP contribution >= 0.6 is 0 Å². The molecule has 0 aliphatic carbocycles. The highest BCUT2D eigenvalue weighted by Crippen LogP contribution is 2.19. The molecule has 1 atom stereocenters. The Morgan fingerprint density at radius 1 is 1.33 bits per heavy atom. The summed E-state index contributed by atoms with van der Waals surface area (Å²) in [5.74, 6) is 1.08. The predicted molar refractivity (Wildman–Crippen MR) is 73.4 cm³/mol. The van der Waals surface area contributed by atoms with Crippen molar-refractivity contribution in [1.29, 1.82) is 0 Å². The molecule has 1 aromatic rings. The number of nitrogen functional groups attached to an aromatic ring is 1. The molecule has 0 spiro atoms. The number of nitrogens with two attached hydrogens (primary N) is 1. The zero-order valence-electron chi connectivity index (χ0n) is 11.3. The first-order chi connectivity index (χ1) is 8.52. The molecule has 4 nitrogen and oxygen atoms in total. The van der Waals surface area contributed by atoms with Gasteiger partial charge in [-0.05, 0) is 18.1 Å². The van der Waals surface area contributed by atoms with Gasteiger partial charge in [0, 0.05) is 5.92 Å². The number of anilines is 1. The van der Waals surface area contributed by atoms with Crippen molar-refractivity contribution in [2.24, 2.45) is 11.8 Å². The molecule has 4 heteroatoms. The molecule has 0 radical (unpaired) electrons. The van der Waals surface area contributed by atoms with Crippen molar-refractivity contribution in [2.45, 2.75) is 20.8 Å². The van der Waals surface area contributed by atoms with Crippen LogP contribution in [0.2, 0.25) is 0 Å². The van der Waals surface area contributed by atoms with Crippen molar-refractivity contribution in [3.8, 4) is 5.75 Å². The standard InChI is InChI=1S/C14H22N2O2/c1-10(2)11(3)14(17)16-8-9-18-13-7-5-4-6-12(13)15/h4-7,10-11H,8-9,15H2,1-3H3,(H,16,17). The largest absolute Gasteiger partial charge is 0.490 e. The van der Waals surface area contributed by atoms with Gasteiger partial charge in [-0.3, -0.25) is 4.79 Å². The molecule has 0 saturated heterocycles. The summed E-state index contributed by atoms with van der Waals surface area (Å²) >= 11 is 0. The summed E-state index contributed by atoms with van der Waals surface area (Å²) < 4.78 is 5.49. The van der Waals surface area contributed by atoms with Gasteiger partial charge in [-0.1, -0.05) is 32.9 Å². The van der Waals surface area contributed by atoms with Gasteiger partial charge in [0.05, 0.1) is 12.2 Å². The fraction of sp³-hybridized carbons (Fsp3) is 0.500. The Morgan fingerprint density at radius 2 is 2.00 bits per heavy atom. The number of amides is 1. The average molecular weight is 250 g/mol. The number of hydrogen-bond acceptors (Lipinski definition) is 3. The zero-order chi connectivity index (χ0) is 13.5. The van der Waals surface area contributed by atoms with Crippen molar-refractivity contribution < 1.29 is 9.53 Å². The van der Waals surface area contributed by atoms with E-state index >= 15 is 0 Å². The second kappa shape index (κ2) is 6.89. The molecule has 0 aliphatic rings. The number of carbonyl (C=O) groups is 1. The highest BCUT2D eigenvalue weighted by Gasteiger charge is 2.15. The fourth-order valence-corrected chi connectivity index (χ4v) is 1.41. The van der Waals surface area contributed by atoms with E-state index in [1.54, 1.807) is 6.07 Å². The average Bonchev–Trinajstić information content (AvgIpc) is 2.35. The van der Waals surface area contributed by atoms with Gasteiger partial charge in [-0.25, -0.2) is 0 Å². The van der Waals surface area contributed by atoms with Crippen LogP contribution in [0.1, 0.15) is 20.8 Å². The number of carbonyl (C=O) groups excluding carboxylic acids is 1. The Kier molecular flexibility index (Phi) is 5.49. The summed E-state index contributed by atoms with van der Waals surface area (Å²) in [6.45, 7) is 6.90. The molecule has 1 unspecified atom stereocenters. The molecule has 3 N–H and O–H groups in total. The van der Waals surface area contributed by atoms with E-state index in [1.807, 2.05) is 39.0 Å². The van der Waals surface area contributed by atoms with Gasteiger partial charge in [0.2, 0.25) is 5.91 Å². The van der Waals surface area contributed by atoms with Gasteiger partial charge in [0.25, 0.3) is 0 Å². The lowest BCUT2D eigenvalue weighted by molar-refractivity contribution is -0.125. The molecule has 1 rings (SSSR count). The molecule has 18 heavy (non-hydrogen) atoms. The summed E-state index contributed by atoms with van der Waals surface area (Å²) in [6.07, 6.45) is 0. The first-order valence-electron chi connectivity index (χ1n) is 6.27. The maximum Gasteiger partial charge on any atom is 0.223 e. The van der Waals surface area contributed by atoms with Gasteiger partial charge in [-0.2, -0.15) is 0 Å². The molecule has 1 aromatic carbocycles. The van der Waals surface area contributed by atoms with Crippen LogP contribution in [-0.4, -0.2) is 19.1 Å². The SMILES string of the molecule is CC(C)C(C)C(=O)NCCOc1ccccc1N. The minimum absolute atomic E-state index is 0.0202. The van der Waals surface area contributed by atoms with Gasteiger partial charge < -0.3 is 15.8 Å². The first-order valence-corrected chi connectivity index (χ1v) is 6.27. The van der Waals surface area contributed by atoms with Crippen molar-refractivity contribution >= 4 is 11.6 Å². The Labute approximate surface area is 109 Å². The van der Waals surface area contributed by atoms with Crippen molar-refractivity contribution in [3.63, 3.8) is 0 Å². The highest BCUT2D eigenvalue weighted by molar-refractivity contribution is 5.78. The molecule has 0 fully saturated rings. The number of benzene rings is 1. The molecule has 0 aromatic heterocycles. The number of rotatable bonds is 6. The highest BCUT2D eigenvalue weighted by atomic mass is 16.5. The van der Waals surface area contributed by atoms with Crippen LogP contribution in [0, 0.1) is 11.8 Å². The molecular weight excluding hydrogens is 228 g/mol. The number of ether oxygens (including phenoxy) is 1. The summed E-state index contributed by atoms with van der Waals surface area (Å²) in [4.78, 5) is 11.7.